The van der Waals surface area contributed by atoms with Gasteiger partial charge >= 0.3 is 0 Å². The zero-order chi connectivity index (χ0) is 20.6. The zero-order valence-corrected chi connectivity index (χ0v) is 17.8. The first-order valence-electron chi connectivity index (χ1n) is 8.63. The molecule has 5 nitrogen and oxygen atoms in total. The molecule has 152 valence electrons. The Balaban J connectivity index is 1.49. The third-order valence-corrected chi connectivity index (χ3v) is 6.44. The second-order valence-corrected chi connectivity index (χ2v) is 9.49. The van der Waals surface area contributed by atoms with Crippen LogP contribution in [0.3, 0.4) is 0 Å². The number of nitrogens with one attached hydrogen (secondary N) is 2. The van der Waals surface area contributed by atoms with E-state index >= 15 is 0 Å². The minimum Gasteiger partial charge on any atom is -0.351 e. The Morgan fingerprint density at radius 2 is 1.79 bits per heavy atom. The molecule has 10 heteroatoms. The standard InChI is InChI=1S/C19H18F2N4OS3/c1-12(16(26)22-11-13-5-3-2-4-6-13)27-19-25-24-18(29-19)23-14-7-9-15(10-8-14)28-17(20)21/h2-10,12,17H,11H2,1H3,(H,22,26)(H,23,24). The fourth-order valence-corrected chi connectivity index (χ4v) is 4.72. The number of rotatable bonds is 9. The lowest BCUT2D eigenvalue weighted by molar-refractivity contribution is -0.120. The summed E-state index contributed by atoms with van der Waals surface area (Å²) < 4.78 is 25.4. The summed E-state index contributed by atoms with van der Waals surface area (Å²) in [5.74, 6) is -2.51. The Morgan fingerprint density at radius 3 is 2.48 bits per heavy atom. The molecule has 0 aliphatic heterocycles. The molecular formula is C19H18F2N4OS3. The summed E-state index contributed by atoms with van der Waals surface area (Å²) in [4.78, 5) is 12.8. The van der Waals surface area contributed by atoms with Crippen LogP contribution in [-0.4, -0.2) is 27.1 Å². The number of benzene rings is 2. The molecule has 0 spiro atoms. The van der Waals surface area contributed by atoms with Gasteiger partial charge < -0.3 is 10.6 Å². The fraction of sp³-hybridized carbons (Fsp3) is 0.211. The number of carbonyl (C=O) groups is 1. The van der Waals surface area contributed by atoms with E-state index in [1.807, 2.05) is 37.3 Å². The molecule has 1 heterocycles. The molecule has 0 saturated carbocycles. The number of halogens is 2. The van der Waals surface area contributed by atoms with E-state index in [-0.39, 0.29) is 11.2 Å². The molecule has 0 aliphatic rings. The van der Waals surface area contributed by atoms with Crippen molar-refractivity contribution in [1.29, 1.82) is 0 Å². The highest BCUT2D eigenvalue weighted by Crippen LogP contribution is 2.31. The van der Waals surface area contributed by atoms with Crippen LogP contribution in [0.5, 0.6) is 0 Å². The van der Waals surface area contributed by atoms with Crippen LogP contribution in [0.2, 0.25) is 0 Å². The summed E-state index contributed by atoms with van der Waals surface area (Å²) in [6, 6.07) is 16.4. The fourth-order valence-electron chi connectivity index (χ4n) is 2.28. The van der Waals surface area contributed by atoms with Crippen LogP contribution >= 0.6 is 34.9 Å². The monoisotopic (exact) mass is 452 g/mol. The van der Waals surface area contributed by atoms with Crippen LogP contribution in [0.15, 0.2) is 63.8 Å². The number of hydrogen-bond acceptors (Lipinski definition) is 7. The number of nitrogens with zero attached hydrogens (tertiary/aromatic N) is 2. The van der Waals surface area contributed by atoms with Crippen molar-refractivity contribution < 1.29 is 13.6 Å². The Labute approximate surface area is 179 Å². The Bertz CT molecular complexity index is 923. The molecule has 0 radical (unpaired) electrons. The molecule has 2 aromatic carbocycles. The maximum Gasteiger partial charge on any atom is 0.288 e. The molecule has 2 N–H and O–H groups in total. The number of amides is 1. The molecule has 1 amide bonds. The van der Waals surface area contributed by atoms with Gasteiger partial charge in [0.2, 0.25) is 11.0 Å². The highest BCUT2D eigenvalue weighted by molar-refractivity contribution is 8.02. The average molecular weight is 453 g/mol. The van der Waals surface area contributed by atoms with Crippen LogP contribution in [-0.2, 0) is 11.3 Å². The minimum atomic E-state index is -2.44. The van der Waals surface area contributed by atoms with Crippen molar-refractivity contribution in [3.05, 3.63) is 60.2 Å². The van der Waals surface area contributed by atoms with Crippen molar-refractivity contribution in [2.75, 3.05) is 5.32 Å². The number of anilines is 2. The van der Waals surface area contributed by atoms with Gasteiger partial charge in [0.05, 0.1) is 5.25 Å². The lowest BCUT2D eigenvalue weighted by atomic mass is 10.2. The van der Waals surface area contributed by atoms with Crippen LogP contribution in [0.4, 0.5) is 19.6 Å². The predicted molar refractivity (Wildman–Crippen MR) is 115 cm³/mol. The van der Waals surface area contributed by atoms with E-state index < -0.39 is 5.76 Å². The topological polar surface area (TPSA) is 66.9 Å². The first-order valence-corrected chi connectivity index (χ1v) is 11.2. The Hall–Kier alpha value is -2.17. The van der Waals surface area contributed by atoms with Crippen molar-refractivity contribution in [1.82, 2.24) is 15.5 Å². The third kappa shape index (κ3) is 6.98. The van der Waals surface area contributed by atoms with E-state index in [4.69, 9.17) is 0 Å². The van der Waals surface area contributed by atoms with E-state index in [9.17, 15) is 13.6 Å². The summed E-state index contributed by atoms with van der Waals surface area (Å²) in [6.45, 7) is 2.30. The third-order valence-electron chi connectivity index (χ3n) is 3.69. The highest BCUT2D eigenvalue weighted by atomic mass is 32.2. The van der Waals surface area contributed by atoms with Crippen LogP contribution < -0.4 is 10.6 Å². The molecule has 29 heavy (non-hydrogen) atoms. The molecule has 0 saturated heterocycles. The zero-order valence-electron chi connectivity index (χ0n) is 15.3. The van der Waals surface area contributed by atoms with Gasteiger partial charge in [-0.2, -0.15) is 8.78 Å². The van der Waals surface area contributed by atoms with Crippen molar-refractivity contribution in [3.8, 4) is 0 Å². The van der Waals surface area contributed by atoms with E-state index in [2.05, 4.69) is 20.8 Å². The predicted octanol–water partition coefficient (Wildman–Crippen LogP) is 5.39. The summed E-state index contributed by atoms with van der Waals surface area (Å²) in [7, 11) is 0. The lowest BCUT2D eigenvalue weighted by Gasteiger charge is -2.10. The number of hydrogen-bond donors (Lipinski definition) is 2. The van der Waals surface area contributed by atoms with Crippen LogP contribution in [0, 0.1) is 0 Å². The smallest absolute Gasteiger partial charge is 0.288 e. The molecule has 3 aromatic rings. The first-order chi connectivity index (χ1) is 14.0. The number of alkyl halides is 2. The number of aromatic nitrogens is 2. The minimum absolute atomic E-state index is 0.0734. The summed E-state index contributed by atoms with van der Waals surface area (Å²) in [5.41, 5.74) is 1.77. The van der Waals surface area contributed by atoms with E-state index in [0.29, 0.717) is 32.7 Å². The van der Waals surface area contributed by atoms with Gasteiger partial charge in [-0.1, -0.05) is 65.2 Å². The van der Waals surface area contributed by atoms with Crippen LogP contribution in [0.25, 0.3) is 0 Å². The molecule has 1 atom stereocenters. The van der Waals surface area contributed by atoms with Crippen molar-refractivity contribution in [3.63, 3.8) is 0 Å². The molecule has 1 unspecified atom stereocenters. The van der Waals surface area contributed by atoms with Gasteiger partial charge in [0.15, 0.2) is 4.34 Å². The molecule has 0 aliphatic carbocycles. The Morgan fingerprint density at radius 1 is 1.07 bits per heavy atom. The molecular weight excluding hydrogens is 434 g/mol. The van der Waals surface area contributed by atoms with Gasteiger partial charge in [0.1, 0.15) is 0 Å². The normalized spacial score (nSPS) is 12.0. The molecule has 1 aromatic heterocycles. The maximum atomic E-state index is 12.4. The van der Waals surface area contributed by atoms with Crippen molar-refractivity contribution in [2.24, 2.45) is 0 Å². The lowest BCUT2D eigenvalue weighted by Crippen LogP contribution is -2.30. The number of thioether (sulfide) groups is 2. The Kier molecular flexibility index (Phi) is 7.84. The van der Waals surface area contributed by atoms with Crippen LogP contribution in [0.1, 0.15) is 12.5 Å². The maximum absolute atomic E-state index is 12.4. The van der Waals surface area contributed by atoms with E-state index in [1.165, 1.54) is 23.1 Å². The summed E-state index contributed by atoms with van der Waals surface area (Å²) >= 11 is 3.16. The van der Waals surface area contributed by atoms with Gasteiger partial charge in [-0.15, -0.1) is 10.2 Å². The van der Waals surface area contributed by atoms with E-state index in [1.54, 1.807) is 24.3 Å². The van der Waals surface area contributed by atoms with Gasteiger partial charge in [0, 0.05) is 17.1 Å². The van der Waals surface area contributed by atoms with Gasteiger partial charge in [-0.05, 0) is 36.8 Å². The van der Waals surface area contributed by atoms with Gasteiger partial charge in [-0.3, -0.25) is 4.79 Å². The molecule has 3 rings (SSSR count). The highest BCUT2D eigenvalue weighted by Gasteiger charge is 2.17. The second-order valence-electron chi connectivity index (χ2n) is 5.86. The quantitative estimate of drug-likeness (QED) is 0.424. The van der Waals surface area contributed by atoms with E-state index in [0.717, 1.165) is 11.3 Å². The number of carbonyl (C=O) groups excluding carboxylic acids is 1. The van der Waals surface area contributed by atoms with Gasteiger partial charge in [0.25, 0.3) is 5.76 Å². The average Bonchev–Trinajstić information content (AvgIpc) is 3.14. The molecule has 0 bridgehead atoms. The van der Waals surface area contributed by atoms with Crippen molar-refractivity contribution in [2.45, 2.75) is 33.7 Å². The molecule has 0 fully saturated rings. The largest absolute Gasteiger partial charge is 0.351 e. The van der Waals surface area contributed by atoms with Gasteiger partial charge in [-0.25, -0.2) is 0 Å². The first kappa shape index (κ1) is 21.5. The summed E-state index contributed by atoms with van der Waals surface area (Å²) in [5, 5.41) is 14.4. The SMILES string of the molecule is CC(Sc1nnc(Nc2ccc(SC(F)F)cc2)s1)C(=O)NCc1ccccc1. The summed E-state index contributed by atoms with van der Waals surface area (Å²) in [6.07, 6.45) is 0. The second kappa shape index (κ2) is 10.6. The van der Waals surface area contributed by atoms with Crippen molar-refractivity contribution >= 4 is 51.6 Å².